The summed E-state index contributed by atoms with van der Waals surface area (Å²) in [5, 5.41) is 19.5. The Morgan fingerprint density at radius 2 is 2.00 bits per heavy atom. The van der Waals surface area contributed by atoms with Crippen molar-refractivity contribution in [3.8, 4) is 11.4 Å². The van der Waals surface area contributed by atoms with Crippen LogP contribution in [0.4, 0.5) is 5.95 Å². The van der Waals surface area contributed by atoms with Gasteiger partial charge in [0.2, 0.25) is 5.95 Å². The Labute approximate surface area is 150 Å². The molecule has 0 saturated heterocycles. The van der Waals surface area contributed by atoms with Gasteiger partial charge in [-0.1, -0.05) is 0 Å². The number of H-pyrrole nitrogens is 1. The second kappa shape index (κ2) is 7.73. The first kappa shape index (κ1) is 17.5. The molecule has 8 heteroatoms. The number of carboxylic acid groups (broad SMARTS) is 1. The topological polar surface area (TPSA) is 117 Å². The SMILES string of the molecule is Cc1n[nH]c(C)c1CCCNc1nccc(-c2cc(C(=O)O)ccn2)n1. The maximum Gasteiger partial charge on any atom is 0.335 e. The van der Waals surface area contributed by atoms with Crippen molar-refractivity contribution >= 4 is 11.9 Å². The zero-order valence-corrected chi connectivity index (χ0v) is 14.7. The summed E-state index contributed by atoms with van der Waals surface area (Å²) in [7, 11) is 0. The normalized spacial score (nSPS) is 10.7. The second-order valence-corrected chi connectivity index (χ2v) is 5.94. The molecule has 0 fully saturated rings. The highest BCUT2D eigenvalue weighted by Crippen LogP contribution is 2.17. The van der Waals surface area contributed by atoms with E-state index in [1.807, 2.05) is 13.8 Å². The van der Waals surface area contributed by atoms with E-state index in [-0.39, 0.29) is 5.56 Å². The Hall–Kier alpha value is -3.29. The van der Waals surface area contributed by atoms with E-state index in [0.29, 0.717) is 17.3 Å². The molecule has 134 valence electrons. The molecule has 3 aromatic rings. The quantitative estimate of drug-likeness (QED) is 0.560. The van der Waals surface area contributed by atoms with Gasteiger partial charge in [0.05, 0.1) is 22.6 Å². The summed E-state index contributed by atoms with van der Waals surface area (Å²) in [6, 6.07) is 4.66. The molecule has 3 heterocycles. The second-order valence-electron chi connectivity index (χ2n) is 5.94. The highest BCUT2D eigenvalue weighted by atomic mass is 16.4. The number of hydrogen-bond acceptors (Lipinski definition) is 6. The molecule has 3 rings (SSSR count). The zero-order valence-electron chi connectivity index (χ0n) is 14.7. The first-order valence-electron chi connectivity index (χ1n) is 8.31. The van der Waals surface area contributed by atoms with Crippen LogP contribution in [0.1, 0.15) is 33.7 Å². The Morgan fingerprint density at radius 1 is 1.19 bits per heavy atom. The molecule has 8 nitrogen and oxygen atoms in total. The summed E-state index contributed by atoms with van der Waals surface area (Å²) in [5.74, 6) is -0.503. The molecule has 0 aliphatic rings. The van der Waals surface area contributed by atoms with Crippen molar-refractivity contribution in [3.05, 3.63) is 53.1 Å². The van der Waals surface area contributed by atoms with Crippen LogP contribution in [0.3, 0.4) is 0 Å². The summed E-state index contributed by atoms with van der Waals surface area (Å²) in [6.45, 7) is 4.74. The van der Waals surface area contributed by atoms with Gasteiger partial charge in [0.15, 0.2) is 0 Å². The number of rotatable bonds is 7. The van der Waals surface area contributed by atoms with Crippen LogP contribution in [0.15, 0.2) is 30.6 Å². The maximum atomic E-state index is 11.1. The lowest BCUT2D eigenvalue weighted by Gasteiger charge is -2.07. The van der Waals surface area contributed by atoms with Crippen LogP contribution in [0.25, 0.3) is 11.4 Å². The third-order valence-corrected chi connectivity index (χ3v) is 4.09. The minimum absolute atomic E-state index is 0.175. The molecular formula is C18H20N6O2. The number of carboxylic acids is 1. The lowest BCUT2D eigenvalue weighted by Crippen LogP contribution is -2.07. The van der Waals surface area contributed by atoms with Crippen molar-refractivity contribution in [2.45, 2.75) is 26.7 Å². The number of aryl methyl sites for hydroxylation is 2. The molecule has 0 amide bonds. The number of nitrogens with zero attached hydrogens (tertiary/aromatic N) is 4. The zero-order chi connectivity index (χ0) is 18.5. The largest absolute Gasteiger partial charge is 0.478 e. The molecule has 0 saturated carbocycles. The van der Waals surface area contributed by atoms with Crippen LogP contribution in [0.2, 0.25) is 0 Å². The minimum atomic E-state index is -0.995. The lowest BCUT2D eigenvalue weighted by molar-refractivity contribution is 0.0697. The Balaban J connectivity index is 1.63. The molecule has 0 radical (unpaired) electrons. The number of aromatic amines is 1. The molecule has 0 aliphatic carbocycles. The summed E-state index contributed by atoms with van der Waals surface area (Å²) in [5.41, 5.74) is 4.63. The fraction of sp³-hybridized carbons (Fsp3) is 0.278. The third kappa shape index (κ3) is 4.02. The van der Waals surface area contributed by atoms with Gasteiger partial charge in [-0.25, -0.2) is 14.8 Å². The van der Waals surface area contributed by atoms with Gasteiger partial charge >= 0.3 is 5.97 Å². The molecule has 0 atom stereocenters. The number of anilines is 1. The van der Waals surface area contributed by atoms with Crippen LogP contribution >= 0.6 is 0 Å². The predicted octanol–water partition coefficient (Wildman–Crippen LogP) is 2.62. The average Bonchev–Trinajstić information content (AvgIpc) is 2.97. The van der Waals surface area contributed by atoms with E-state index in [1.54, 1.807) is 12.3 Å². The molecule has 0 aromatic carbocycles. The number of hydrogen-bond donors (Lipinski definition) is 3. The van der Waals surface area contributed by atoms with Crippen LogP contribution < -0.4 is 5.32 Å². The van der Waals surface area contributed by atoms with Crippen molar-refractivity contribution in [2.24, 2.45) is 0 Å². The van der Waals surface area contributed by atoms with E-state index < -0.39 is 5.97 Å². The van der Waals surface area contributed by atoms with E-state index in [0.717, 1.165) is 30.8 Å². The number of nitrogens with one attached hydrogen (secondary N) is 2. The Kier molecular flexibility index (Phi) is 5.21. The van der Waals surface area contributed by atoms with Gasteiger partial charge in [0.25, 0.3) is 0 Å². The van der Waals surface area contributed by atoms with Gasteiger partial charge in [0, 0.05) is 24.6 Å². The summed E-state index contributed by atoms with van der Waals surface area (Å²) >= 11 is 0. The van der Waals surface area contributed by atoms with E-state index in [4.69, 9.17) is 5.11 Å². The highest BCUT2D eigenvalue weighted by molar-refractivity contribution is 5.88. The van der Waals surface area contributed by atoms with Crippen molar-refractivity contribution in [1.82, 2.24) is 25.1 Å². The van der Waals surface area contributed by atoms with E-state index >= 15 is 0 Å². The average molecular weight is 352 g/mol. The number of pyridine rings is 1. The molecule has 0 aliphatic heterocycles. The Bertz CT molecular complexity index is 902. The first-order chi connectivity index (χ1) is 12.5. The molecule has 0 spiro atoms. The number of aromatic carboxylic acids is 1. The summed E-state index contributed by atoms with van der Waals surface area (Å²) in [6.07, 6.45) is 4.93. The van der Waals surface area contributed by atoms with Crippen molar-refractivity contribution < 1.29 is 9.90 Å². The van der Waals surface area contributed by atoms with E-state index in [9.17, 15) is 4.79 Å². The fourth-order valence-electron chi connectivity index (χ4n) is 2.70. The number of aromatic nitrogens is 5. The van der Waals surface area contributed by atoms with Crippen LogP contribution in [-0.4, -0.2) is 42.8 Å². The lowest BCUT2D eigenvalue weighted by atomic mass is 10.1. The molecular weight excluding hydrogens is 332 g/mol. The van der Waals surface area contributed by atoms with E-state index in [1.165, 1.54) is 23.9 Å². The van der Waals surface area contributed by atoms with E-state index in [2.05, 4.69) is 30.5 Å². The smallest absolute Gasteiger partial charge is 0.335 e. The summed E-state index contributed by atoms with van der Waals surface area (Å²) in [4.78, 5) is 23.9. The summed E-state index contributed by atoms with van der Waals surface area (Å²) < 4.78 is 0. The molecule has 0 unspecified atom stereocenters. The first-order valence-corrected chi connectivity index (χ1v) is 8.31. The standard InChI is InChI=1S/C18H20N6O2/c1-11-14(12(2)24-23-11)4-3-7-20-18-21-9-6-15(22-18)16-10-13(17(25)26)5-8-19-16/h5-6,8-10H,3-4,7H2,1-2H3,(H,23,24)(H,25,26)(H,20,21,22). The molecule has 0 bridgehead atoms. The maximum absolute atomic E-state index is 11.1. The van der Waals surface area contributed by atoms with Crippen LogP contribution in [0, 0.1) is 13.8 Å². The van der Waals surface area contributed by atoms with Gasteiger partial charge < -0.3 is 10.4 Å². The number of carbonyl (C=O) groups is 1. The van der Waals surface area contributed by atoms with Gasteiger partial charge in [-0.3, -0.25) is 10.1 Å². The fourth-order valence-corrected chi connectivity index (χ4v) is 2.70. The van der Waals surface area contributed by atoms with Crippen LogP contribution in [0.5, 0.6) is 0 Å². The molecule has 3 N–H and O–H groups in total. The Morgan fingerprint density at radius 3 is 2.73 bits per heavy atom. The third-order valence-electron chi connectivity index (χ3n) is 4.09. The van der Waals surface area contributed by atoms with Gasteiger partial charge in [-0.2, -0.15) is 5.10 Å². The van der Waals surface area contributed by atoms with Gasteiger partial charge in [-0.05, 0) is 50.5 Å². The molecule has 26 heavy (non-hydrogen) atoms. The van der Waals surface area contributed by atoms with Gasteiger partial charge in [0.1, 0.15) is 0 Å². The van der Waals surface area contributed by atoms with Crippen molar-refractivity contribution in [3.63, 3.8) is 0 Å². The van der Waals surface area contributed by atoms with Crippen molar-refractivity contribution in [1.29, 1.82) is 0 Å². The minimum Gasteiger partial charge on any atom is -0.478 e. The van der Waals surface area contributed by atoms with Crippen LogP contribution in [-0.2, 0) is 6.42 Å². The van der Waals surface area contributed by atoms with Gasteiger partial charge in [-0.15, -0.1) is 0 Å². The predicted molar refractivity (Wildman–Crippen MR) is 97.1 cm³/mol. The highest BCUT2D eigenvalue weighted by Gasteiger charge is 2.09. The molecule has 3 aromatic heterocycles. The van der Waals surface area contributed by atoms with Crippen molar-refractivity contribution in [2.75, 3.05) is 11.9 Å². The monoisotopic (exact) mass is 352 g/mol.